The number of amidine groups is 1. The normalized spacial score (nSPS) is 18.5. The van der Waals surface area contributed by atoms with Crippen molar-refractivity contribution in [1.29, 1.82) is 0 Å². The van der Waals surface area contributed by atoms with Gasteiger partial charge in [-0.2, -0.15) is 0 Å². The molecule has 3 heterocycles. The van der Waals surface area contributed by atoms with Crippen molar-refractivity contribution >= 4 is 39.1 Å². The van der Waals surface area contributed by atoms with E-state index in [-0.39, 0.29) is 12.4 Å². The molecule has 3 aromatic rings. The minimum atomic E-state index is -0.709. The third-order valence-corrected chi connectivity index (χ3v) is 7.40. The van der Waals surface area contributed by atoms with E-state index in [9.17, 15) is 9.18 Å². The number of morpholine rings is 1. The quantitative estimate of drug-likeness (QED) is 0.422. The first-order valence-electron chi connectivity index (χ1n) is 11.5. The summed E-state index contributed by atoms with van der Waals surface area (Å²) in [6, 6.07) is 13.2. The summed E-state index contributed by atoms with van der Waals surface area (Å²) in [7, 11) is 0. The maximum absolute atomic E-state index is 14.0. The molecule has 0 spiro atoms. The molecule has 10 heteroatoms. The second-order valence-corrected chi connectivity index (χ2v) is 10.1. The van der Waals surface area contributed by atoms with Crippen molar-refractivity contribution in [3.63, 3.8) is 0 Å². The molecule has 1 N–H and O–H groups in total. The highest BCUT2D eigenvalue weighted by atomic mass is 79.9. The van der Waals surface area contributed by atoms with Crippen molar-refractivity contribution in [2.75, 3.05) is 32.8 Å². The highest BCUT2D eigenvalue weighted by molar-refractivity contribution is 9.10. The zero-order valence-electron chi connectivity index (χ0n) is 19.3. The van der Waals surface area contributed by atoms with Crippen molar-refractivity contribution < 1.29 is 18.7 Å². The number of thiazole rings is 1. The van der Waals surface area contributed by atoms with Crippen LogP contribution in [0.25, 0.3) is 0 Å². The molecular formula is C26H24BrFN4O3S. The molecule has 0 radical (unpaired) electrons. The Labute approximate surface area is 220 Å². The van der Waals surface area contributed by atoms with E-state index in [2.05, 4.69) is 31.1 Å². The molecule has 1 atom stereocenters. The molecule has 5 rings (SSSR count). The number of rotatable bonds is 7. The van der Waals surface area contributed by atoms with Crippen LogP contribution in [0.1, 0.15) is 22.2 Å². The van der Waals surface area contributed by atoms with E-state index in [1.807, 2.05) is 35.7 Å². The zero-order valence-corrected chi connectivity index (χ0v) is 21.7. The van der Waals surface area contributed by atoms with Crippen LogP contribution in [-0.4, -0.2) is 54.5 Å². The van der Waals surface area contributed by atoms with E-state index >= 15 is 0 Å². The van der Waals surface area contributed by atoms with Gasteiger partial charge in [-0.25, -0.2) is 14.2 Å². The number of hydrogen-bond acceptors (Lipinski definition) is 8. The third-order valence-electron chi connectivity index (χ3n) is 5.94. The predicted molar refractivity (Wildman–Crippen MR) is 139 cm³/mol. The second-order valence-electron chi connectivity index (χ2n) is 8.35. The topological polar surface area (TPSA) is 76.0 Å². The van der Waals surface area contributed by atoms with Crippen LogP contribution in [0.4, 0.5) is 4.39 Å². The highest BCUT2D eigenvalue weighted by Crippen LogP contribution is 2.37. The van der Waals surface area contributed by atoms with Crippen LogP contribution >= 0.6 is 27.3 Å². The van der Waals surface area contributed by atoms with Gasteiger partial charge in [0.2, 0.25) is 0 Å². The average Bonchev–Trinajstić information content (AvgIpc) is 3.43. The molecule has 186 valence electrons. The van der Waals surface area contributed by atoms with Crippen LogP contribution in [0.15, 0.2) is 80.8 Å². The van der Waals surface area contributed by atoms with Gasteiger partial charge < -0.3 is 14.8 Å². The Morgan fingerprint density at radius 1 is 1.22 bits per heavy atom. The molecule has 1 aromatic heterocycles. The van der Waals surface area contributed by atoms with Crippen LogP contribution in [0, 0.1) is 5.82 Å². The summed E-state index contributed by atoms with van der Waals surface area (Å²) in [4.78, 5) is 25.2. The summed E-state index contributed by atoms with van der Waals surface area (Å²) in [6.07, 6.45) is 1.71. The number of esters is 1. The number of aromatic nitrogens is 1. The number of nitrogens with one attached hydrogen (secondary N) is 1. The Balaban J connectivity index is 1.55. The summed E-state index contributed by atoms with van der Waals surface area (Å²) in [5, 5.41) is 5.94. The average molecular weight is 571 g/mol. The van der Waals surface area contributed by atoms with Crippen molar-refractivity contribution in [3.05, 3.63) is 97.8 Å². The largest absolute Gasteiger partial charge is 0.457 e. The summed E-state index contributed by atoms with van der Waals surface area (Å²) < 4.78 is 25.8. The fourth-order valence-electron chi connectivity index (χ4n) is 4.14. The predicted octanol–water partition coefficient (Wildman–Crippen LogP) is 4.47. The smallest absolute Gasteiger partial charge is 0.338 e. The number of benzene rings is 2. The van der Waals surface area contributed by atoms with Gasteiger partial charge in [-0.05, 0) is 23.3 Å². The first kappa shape index (κ1) is 24.8. The summed E-state index contributed by atoms with van der Waals surface area (Å²) >= 11 is 4.93. The lowest BCUT2D eigenvalue weighted by atomic mass is 9.95. The molecule has 2 aliphatic heterocycles. The van der Waals surface area contributed by atoms with Gasteiger partial charge in [0.25, 0.3) is 0 Å². The van der Waals surface area contributed by atoms with Gasteiger partial charge in [-0.15, -0.1) is 11.3 Å². The van der Waals surface area contributed by atoms with E-state index in [4.69, 9.17) is 14.5 Å². The molecule has 0 amide bonds. The number of halogens is 2. The van der Waals surface area contributed by atoms with Crippen molar-refractivity contribution in [2.24, 2.45) is 4.99 Å². The zero-order chi connectivity index (χ0) is 24.9. The monoisotopic (exact) mass is 570 g/mol. The Kier molecular flexibility index (Phi) is 7.86. The molecule has 2 aliphatic rings. The lowest BCUT2D eigenvalue weighted by molar-refractivity contribution is -0.140. The number of aliphatic imine (C=N–C) groups is 1. The minimum absolute atomic E-state index is 0.133. The highest BCUT2D eigenvalue weighted by Gasteiger charge is 2.35. The molecule has 0 saturated carbocycles. The molecule has 1 fully saturated rings. The molecule has 0 bridgehead atoms. The number of hydrogen-bond donors (Lipinski definition) is 1. The molecular weight excluding hydrogens is 547 g/mol. The third kappa shape index (κ3) is 5.73. The maximum atomic E-state index is 14.0. The molecule has 1 unspecified atom stereocenters. The minimum Gasteiger partial charge on any atom is -0.457 e. The lowest BCUT2D eigenvalue weighted by Gasteiger charge is -2.32. The fraction of sp³-hybridized carbons (Fsp3) is 0.269. The van der Waals surface area contributed by atoms with Gasteiger partial charge in [-0.3, -0.25) is 9.89 Å². The Bertz CT molecular complexity index is 1280. The van der Waals surface area contributed by atoms with E-state index in [0.717, 1.165) is 18.7 Å². The Hall–Kier alpha value is -2.92. The standard InChI is InChI=1S/C26H24BrFN4O3S/c27-20-14-18(28)6-7-19(20)23-22(26(33)35-16-17-4-2-1-3-5-17)21(15-32-9-11-34-12-10-32)30-24(31-23)25-29-8-13-36-25/h1-8,13-14,23H,9-12,15-16H2,(H,30,31). The number of carbonyl (C=O) groups is 1. The fourth-order valence-corrected chi connectivity index (χ4v) is 5.30. The molecule has 0 aliphatic carbocycles. The van der Waals surface area contributed by atoms with E-state index in [1.54, 1.807) is 12.3 Å². The number of nitrogens with zero attached hydrogens (tertiary/aromatic N) is 3. The molecule has 36 heavy (non-hydrogen) atoms. The van der Waals surface area contributed by atoms with Gasteiger partial charge in [0, 0.05) is 41.4 Å². The van der Waals surface area contributed by atoms with Crippen molar-refractivity contribution in [2.45, 2.75) is 12.6 Å². The van der Waals surface area contributed by atoms with Gasteiger partial charge in [-0.1, -0.05) is 52.3 Å². The maximum Gasteiger partial charge on any atom is 0.338 e. The van der Waals surface area contributed by atoms with Crippen LogP contribution in [0.3, 0.4) is 0 Å². The van der Waals surface area contributed by atoms with E-state index in [0.29, 0.717) is 51.9 Å². The van der Waals surface area contributed by atoms with Gasteiger partial charge in [0.15, 0.2) is 10.8 Å². The molecule has 7 nitrogen and oxygen atoms in total. The molecule has 2 aromatic carbocycles. The summed E-state index contributed by atoms with van der Waals surface area (Å²) in [6.45, 7) is 3.36. The van der Waals surface area contributed by atoms with E-state index < -0.39 is 12.0 Å². The number of carbonyl (C=O) groups excluding carboxylic acids is 1. The number of ether oxygens (including phenoxy) is 2. The first-order valence-corrected chi connectivity index (χ1v) is 13.2. The van der Waals surface area contributed by atoms with Crippen LogP contribution in [-0.2, 0) is 20.9 Å². The summed E-state index contributed by atoms with van der Waals surface area (Å²) in [5.41, 5.74) is 2.64. The Morgan fingerprint density at radius 2 is 2.03 bits per heavy atom. The molecule has 1 saturated heterocycles. The van der Waals surface area contributed by atoms with Crippen LogP contribution < -0.4 is 5.32 Å². The van der Waals surface area contributed by atoms with E-state index in [1.165, 1.54) is 23.5 Å². The SMILES string of the molecule is O=C(OCc1ccccc1)C1=C(CN2CCOCC2)NC(c2nccs2)=NC1c1ccc(F)cc1Br. The van der Waals surface area contributed by atoms with Crippen molar-refractivity contribution in [1.82, 2.24) is 15.2 Å². The first-order chi connectivity index (χ1) is 17.6. The van der Waals surface area contributed by atoms with Crippen LogP contribution in [0.5, 0.6) is 0 Å². The van der Waals surface area contributed by atoms with Gasteiger partial charge in [0.1, 0.15) is 18.5 Å². The van der Waals surface area contributed by atoms with Crippen LogP contribution in [0.2, 0.25) is 0 Å². The van der Waals surface area contributed by atoms with Gasteiger partial charge >= 0.3 is 5.97 Å². The Morgan fingerprint density at radius 3 is 2.75 bits per heavy atom. The van der Waals surface area contributed by atoms with Gasteiger partial charge in [0.05, 0.1) is 18.8 Å². The lowest BCUT2D eigenvalue weighted by Crippen LogP contribution is -2.43. The summed E-state index contributed by atoms with van der Waals surface area (Å²) in [5.74, 6) is -0.290. The second kappa shape index (κ2) is 11.4. The van der Waals surface area contributed by atoms with Crippen molar-refractivity contribution in [3.8, 4) is 0 Å².